The number of amides is 1. The van der Waals surface area contributed by atoms with Crippen molar-refractivity contribution in [2.75, 3.05) is 6.54 Å². The smallest absolute Gasteiger partial charge is 0.261 e. The summed E-state index contributed by atoms with van der Waals surface area (Å²) in [6, 6.07) is 12.7. The van der Waals surface area contributed by atoms with Crippen LogP contribution in [0.25, 0.3) is 10.9 Å². The molecular formula is C21H20ClN3O2. The molecule has 0 fully saturated rings. The van der Waals surface area contributed by atoms with Crippen LogP contribution in [0.2, 0.25) is 5.02 Å². The molecule has 27 heavy (non-hydrogen) atoms. The number of nitrogens with zero attached hydrogens (tertiary/aromatic N) is 2. The van der Waals surface area contributed by atoms with Crippen LogP contribution in [0.15, 0.2) is 47.3 Å². The summed E-state index contributed by atoms with van der Waals surface area (Å²) < 4.78 is 1.76. The molecule has 2 aromatic carbocycles. The molecule has 0 atom stereocenters. The third-order valence-electron chi connectivity index (χ3n) is 4.94. The first kappa shape index (κ1) is 17.7. The van der Waals surface area contributed by atoms with Gasteiger partial charge in [0.25, 0.3) is 11.5 Å². The zero-order valence-corrected chi connectivity index (χ0v) is 15.6. The largest absolute Gasteiger partial charge is 0.352 e. The van der Waals surface area contributed by atoms with Gasteiger partial charge in [0.05, 0.1) is 10.9 Å². The summed E-state index contributed by atoms with van der Waals surface area (Å²) in [7, 11) is 0. The van der Waals surface area contributed by atoms with Gasteiger partial charge in [0.15, 0.2) is 0 Å². The van der Waals surface area contributed by atoms with Crippen LogP contribution in [0.1, 0.15) is 34.6 Å². The second-order valence-electron chi connectivity index (χ2n) is 6.81. The Hall–Kier alpha value is -2.66. The molecule has 6 heteroatoms. The van der Waals surface area contributed by atoms with Gasteiger partial charge in [0.1, 0.15) is 5.82 Å². The molecule has 1 aliphatic heterocycles. The highest BCUT2D eigenvalue weighted by Gasteiger charge is 2.15. The minimum atomic E-state index is -0.162. The van der Waals surface area contributed by atoms with Crippen LogP contribution in [0.4, 0.5) is 0 Å². The number of halogens is 1. The summed E-state index contributed by atoms with van der Waals surface area (Å²) in [4.78, 5) is 29.7. The van der Waals surface area contributed by atoms with Crippen LogP contribution in [-0.4, -0.2) is 22.0 Å². The summed E-state index contributed by atoms with van der Waals surface area (Å²) in [5, 5.41) is 4.19. The number of fused-ring (bicyclic) bond motifs is 2. The van der Waals surface area contributed by atoms with Crippen LogP contribution < -0.4 is 10.9 Å². The number of benzene rings is 2. The van der Waals surface area contributed by atoms with Gasteiger partial charge in [-0.2, -0.15) is 0 Å². The molecule has 0 bridgehead atoms. The number of aryl methyl sites for hydroxylation is 1. The molecule has 0 aliphatic carbocycles. The maximum Gasteiger partial charge on any atom is 0.261 e. The van der Waals surface area contributed by atoms with Gasteiger partial charge in [-0.15, -0.1) is 0 Å². The van der Waals surface area contributed by atoms with E-state index in [-0.39, 0.29) is 11.5 Å². The molecule has 5 nitrogen and oxygen atoms in total. The van der Waals surface area contributed by atoms with Crippen molar-refractivity contribution in [2.45, 2.75) is 32.2 Å². The molecule has 0 spiro atoms. The summed E-state index contributed by atoms with van der Waals surface area (Å²) in [6.07, 6.45) is 3.59. The van der Waals surface area contributed by atoms with E-state index < -0.39 is 0 Å². The molecule has 1 aromatic heterocycles. The van der Waals surface area contributed by atoms with Gasteiger partial charge in [0.2, 0.25) is 0 Å². The van der Waals surface area contributed by atoms with Gasteiger partial charge in [-0.1, -0.05) is 23.7 Å². The molecule has 138 valence electrons. The molecule has 1 N–H and O–H groups in total. The lowest BCUT2D eigenvalue weighted by Crippen LogP contribution is -2.29. The second kappa shape index (κ2) is 7.53. The van der Waals surface area contributed by atoms with Crippen molar-refractivity contribution in [2.24, 2.45) is 0 Å². The first-order chi connectivity index (χ1) is 13.1. The van der Waals surface area contributed by atoms with E-state index in [9.17, 15) is 9.59 Å². The average molecular weight is 382 g/mol. The van der Waals surface area contributed by atoms with Crippen molar-refractivity contribution < 1.29 is 4.79 Å². The van der Waals surface area contributed by atoms with E-state index in [4.69, 9.17) is 11.6 Å². The zero-order chi connectivity index (χ0) is 18.8. The Labute approximate surface area is 162 Å². The van der Waals surface area contributed by atoms with Gasteiger partial charge < -0.3 is 5.32 Å². The summed E-state index contributed by atoms with van der Waals surface area (Å²) >= 11 is 5.88. The monoisotopic (exact) mass is 381 g/mol. The molecule has 0 unspecified atom stereocenters. The first-order valence-corrected chi connectivity index (χ1v) is 9.56. The molecule has 2 heterocycles. The number of hydrogen-bond donors (Lipinski definition) is 1. The molecule has 0 saturated heterocycles. The highest BCUT2D eigenvalue weighted by Crippen LogP contribution is 2.16. The van der Waals surface area contributed by atoms with Crippen LogP contribution in [-0.2, 0) is 19.4 Å². The molecular weight excluding hydrogens is 362 g/mol. The third-order valence-corrected chi connectivity index (χ3v) is 5.19. The molecule has 1 aliphatic rings. The Kier molecular flexibility index (Phi) is 4.94. The lowest BCUT2D eigenvalue weighted by Gasteiger charge is -2.17. The maximum atomic E-state index is 12.6. The fourth-order valence-corrected chi connectivity index (χ4v) is 3.58. The van der Waals surface area contributed by atoms with Gasteiger partial charge in [-0.3, -0.25) is 14.2 Å². The summed E-state index contributed by atoms with van der Waals surface area (Å²) in [5.41, 5.74) is 2.22. The average Bonchev–Trinajstić information content (AvgIpc) is 2.69. The number of carbonyl (C=O) groups is 1. The van der Waals surface area contributed by atoms with Crippen molar-refractivity contribution >= 4 is 28.4 Å². The number of rotatable bonds is 4. The van der Waals surface area contributed by atoms with Gasteiger partial charge >= 0.3 is 0 Å². The Balaban J connectivity index is 1.50. The van der Waals surface area contributed by atoms with E-state index >= 15 is 0 Å². The van der Waals surface area contributed by atoms with Crippen molar-refractivity contribution in [3.63, 3.8) is 0 Å². The predicted octanol–water partition coefficient (Wildman–Crippen LogP) is 3.36. The van der Waals surface area contributed by atoms with Crippen LogP contribution in [0.5, 0.6) is 0 Å². The van der Waals surface area contributed by atoms with E-state index in [1.54, 1.807) is 22.8 Å². The lowest BCUT2D eigenvalue weighted by atomic mass is 10.1. The van der Waals surface area contributed by atoms with Crippen LogP contribution >= 0.6 is 11.6 Å². The van der Waals surface area contributed by atoms with Crippen molar-refractivity contribution in [1.82, 2.24) is 14.9 Å². The van der Waals surface area contributed by atoms with Gasteiger partial charge in [0, 0.05) is 30.1 Å². The SMILES string of the molecule is O=C(NCCc1ccc(Cl)cc1)c1ccc2c(=O)n3c(nc2c1)CCCC3. The minimum Gasteiger partial charge on any atom is -0.352 e. The molecule has 0 radical (unpaired) electrons. The van der Waals surface area contributed by atoms with Crippen molar-refractivity contribution in [3.8, 4) is 0 Å². The Morgan fingerprint density at radius 2 is 1.96 bits per heavy atom. The molecule has 1 amide bonds. The van der Waals surface area contributed by atoms with E-state index in [0.29, 0.717) is 28.0 Å². The highest BCUT2D eigenvalue weighted by atomic mass is 35.5. The topological polar surface area (TPSA) is 64.0 Å². The molecule has 3 aromatic rings. The van der Waals surface area contributed by atoms with Crippen molar-refractivity contribution in [1.29, 1.82) is 0 Å². The third kappa shape index (κ3) is 3.74. The number of nitrogens with one attached hydrogen (secondary N) is 1. The standard InChI is InChI=1S/C21H20ClN3O2/c22-16-7-4-14(5-8-16)10-11-23-20(26)15-6-9-17-18(13-15)24-19-3-1-2-12-25(19)21(17)27/h4-9,13H,1-3,10-12H2,(H,23,26). The normalized spacial score (nSPS) is 13.4. The number of aromatic nitrogens is 2. The van der Waals surface area contributed by atoms with E-state index in [1.807, 2.05) is 24.3 Å². The fourth-order valence-electron chi connectivity index (χ4n) is 3.46. The minimum absolute atomic E-state index is 0.00982. The zero-order valence-electron chi connectivity index (χ0n) is 14.9. The van der Waals surface area contributed by atoms with Gasteiger partial charge in [-0.05, 0) is 55.2 Å². The maximum absolute atomic E-state index is 12.6. The quantitative estimate of drug-likeness (QED) is 0.753. The Morgan fingerprint density at radius 3 is 2.78 bits per heavy atom. The number of hydrogen-bond acceptors (Lipinski definition) is 3. The summed E-state index contributed by atoms with van der Waals surface area (Å²) in [6.45, 7) is 1.25. The molecule has 4 rings (SSSR count). The fraction of sp³-hybridized carbons (Fsp3) is 0.286. The first-order valence-electron chi connectivity index (χ1n) is 9.18. The Morgan fingerprint density at radius 1 is 1.15 bits per heavy atom. The second-order valence-corrected chi connectivity index (χ2v) is 7.24. The van der Waals surface area contributed by atoms with E-state index in [2.05, 4.69) is 10.3 Å². The van der Waals surface area contributed by atoms with Crippen LogP contribution in [0.3, 0.4) is 0 Å². The number of carbonyl (C=O) groups excluding carboxylic acids is 1. The van der Waals surface area contributed by atoms with E-state index in [1.165, 1.54) is 0 Å². The Bertz CT molecular complexity index is 1060. The van der Waals surface area contributed by atoms with Crippen LogP contribution in [0, 0.1) is 0 Å². The highest BCUT2D eigenvalue weighted by molar-refractivity contribution is 6.30. The molecule has 0 saturated carbocycles. The lowest BCUT2D eigenvalue weighted by molar-refractivity contribution is 0.0954. The predicted molar refractivity (Wildman–Crippen MR) is 106 cm³/mol. The van der Waals surface area contributed by atoms with E-state index in [0.717, 1.165) is 43.6 Å². The summed E-state index contributed by atoms with van der Waals surface area (Å²) in [5.74, 6) is 0.657. The van der Waals surface area contributed by atoms with Gasteiger partial charge in [-0.25, -0.2) is 4.98 Å². The van der Waals surface area contributed by atoms with Crippen molar-refractivity contribution in [3.05, 3.63) is 74.8 Å².